The average molecular weight is 340 g/mol. The van der Waals surface area contributed by atoms with Crippen molar-refractivity contribution in [2.45, 2.75) is 41.5 Å². The van der Waals surface area contributed by atoms with Gasteiger partial charge in [0.05, 0.1) is 12.3 Å². The predicted octanol–water partition coefficient (Wildman–Crippen LogP) is 5.08. The normalized spacial score (nSPS) is 11.5. The maximum absolute atomic E-state index is 12.2. The molecule has 0 saturated carbocycles. The number of ether oxygens (including phenoxy) is 1. The van der Waals surface area contributed by atoms with Crippen molar-refractivity contribution < 1.29 is 9.53 Å². The Kier molecular flexibility index (Phi) is 5.83. The number of anilines is 1. The fourth-order valence-electron chi connectivity index (χ4n) is 2.18. The highest BCUT2D eigenvalue weighted by atomic mass is 16.5. The molecule has 0 aliphatic carbocycles. The molecule has 2 aromatic rings. The largest absolute Gasteiger partial charge is 0.493 e. The lowest BCUT2D eigenvalue weighted by Crippen LogP contribution is -2.28. The van der Waals surface area contributed by atoms with Crippen LogP contribution in [0.4, 0.5) is 5.82 Å². The van der Waals surface area contributed by atoms with E-state index >= 15 is 0 Å². The molecule has 1 N–H and O–H groups in total. The highest BCUT2D eigenvalue weighted by Crippen LogP contribution is 2.31. The summed E-state index contributed by atoms with van der Waals surface area (Å²) in [5.74, 6) is 1.75. The summed E-state index contributed by atoms with van der Waals surface area (Å²) in [5.41, 5.74) is 2.39. The van der Waals surface area contributed by atoms with Crippen LogP contribution in [0.1, 0.15) is 40.2 Å². The lowest BCUT2D eigenvalue weighted by molar-refractivity contribution is -0.123. The number of amides is 1. The van der Waals surface area contributed by atoms with Crippen LogP contribution in [0.3, 0.4) is 0 Å². The quantitative estimate of drug-likeness (QED) is 0.826. The zero-order valence-electron chi connectivity index (χ0n) is 16.0. The topological polar surface area (TPSA) is 51.2 Å². The number of carbonyl (C=O) groups excluding carboxylic acids is 1. The molecule has 0 spiro atoms. The van der Waals surface area contributed by atoms with Gasteiger partial charge in [-0.15, -0.1) is 0 Å². The van der Waals surface area contributed by atoms with Gasteiger partial charge in [-0.05, 0) is 42.7 Å². The highest BCUT2D eigenvalue weighted by molar-refractivity contribution is 5.93. The van der Waals surface area contributed by atoms with E-state index < -0.39 is 5.41 Å². The van der Waals surface area contributed by atoms with Crippen molar-refractivity contribution in [3.63, 3.8) is 0 Å². The van der Waals surface area contributed by atoms with Gasteiger partial charge >= 0.3 is 0 Å². The van der Waals surface area contributed by atoms with Gasteiger partial charge in [-0.2, -0.15) is 0 Å². The molecule has 134 valence electrons. The van der Waals surface area contributed by atoms with Gasteiger partial charge in [0.2, 0.25) is 5.91 Å². The summed E-state index contributed by atoms with van der Waals surface area (Å²) < 4.78 is 5.98. The second kappa shape index (κ2) is 7.68. The average Bonchev–Trinajstić information content (AvgIpc) is 2.52. The lowest BCUT2D eigenvalue weighted by atomic mass is 9.96. The third-order valence-electron chi connectivity index (χ3n) is 3.66. The van der Waals surface area contributed by atoms with Crippen molar-refractivity contribution in [3.8, 4) is 17.0 Å². The third-order valence-corrected chi connectivity index (χ3v) is 3.66. The molecule has 1 aromatic heterocycles. The van der Waals surface area contributed by atoms with Crippen LogP contribution in [0.5, 0.6) is 5.75 Å². The molecule has 0 atom stereocenters. The molecule has 1 heterocycles. The molecule has 0 saturated heterocycles. The lowest BCUT2D eigenvalue weighted by Gasteiger charge is -2.18. The first-order valence-electron chi connectivity index (χ1n) is 8.69. The maximum Gasteiger partial charge on any atom is 0.230 e. The zero-order valence-corrected chi connectivity index (χ0v) is 16.0. The standard InChI is InChI=1S/C21H28N2O2/c1-14(2)13-25-18-12-15(3)10-11-16(18)17-8-7-9-19(22-17)23-20(24)21(4,5)6/h7-12,14H,13H2,1-6H3,(H,22,23,24). The summed E-state index contributed by atoms with van der Waals surface area (Å²) >= 11 is 0. The first kappa shape index (κ1) is 19.0. The van der Waals surface area contributed by atoms with Gasteiger partial charge < -0.3 is 10.1 Å². The van der Waals surface area contributed by atoms with Gasteiger partial charge in [0.15, 0.2) is 0 Å². The highest BCUT2D eigenvalue weighted by Gasteiger charge is 2.21. The Bertz CT molecular complexity index is 746. The summed E-state index contributed by atoms with van der Waals surface area (Å²) in [7, 11) is 0. The number of aromatic nitrogens is 1. The second-order valence-electron chi connectivity index (χ2n) is 7.82. The van der Waals surface area contributed by atoms with Crippen molar-refractivity contribution in [2.24, 2.45) is 11.3 Å². The van der Waals surface area contributed by atoms with Crippen molar-refractivity contribution >= 4 is 11.7 Å². The monoisotopic (exact) mass is 340 g/mol. The number of hydrogen-bond donors (Lipinski definition) is 1. The van der Waals surface area contributed by atoms with E-state index in [0.717, 1.165) is 22.6 Å². The maximum atomic E-state index is 12.2. The summed E-state index contributed by atoms with van der Waals surface area (Å²) in [6, 6.07) is 11.7. The van der Waals surface area contributed by atoms with Crippen molar-refractivity contribution in [3.05, 3.63) is 42.0 Å². The number of carbonyl (C=O) groups is 1. The van der Waals surface area contributed by atoms with E-state index in [1.165, 1.54) is 0 Å². The molecule has 25 heavy (non-hydrogen) atoms. The zero-order chi connectivity index (χ0) is 18.6. The fraction of sp³-hybridized carbons (Fsp3) is 0.429. The van der Waals surface area contributed by atoms with Crippen LogP contribution in [-0.4, -0.2) is 17.5 Å². The van der Waals surface area contributed by atoms with Gasteiger partial charge in [-0.3, -0.25) is 4.79 Å². The molecule has 0 bridgehead atoms. The minimum atomic E-state index is -0.465. The van der Waals surface area contributed by atoms with Crippen LogP contribution in [0.25, 0.3) is 11.3 Å². The molecule has 1 aromatic carbocycles. The summed E-state index contributed by atoms with van der Waals surface area (Å²) in [6.07, 6.45) is 0. The van der Waals surface area contributed by atoms with Crippen LogP contribution in [0, 0.1) is 18.3 Å². The third kappa shape index (κ3) is 5.31. The van der Waals surface area contributed by atoms with E-state index in [4.69, 9.17) is 4.74 Å². The van der Waals surface area contributed by atoms with Gasteiger partial charge in [0.1, 0.15) is 11.6 Å². The van der Waals surface area contributed by atoms with E-state index in [-0.39, 0.29) is 5.91 Å². The summed E-state index contributed by atoms with van der Waals surface area (Å²) in [4.78, 5) is 16.8. The van der Waals surface area contributed by atoms with Gasteiger partial charge in [-0.1, -0.05) is 46.8 Å². The van der Waals surface area contributed by atoms with E-state index in [9.17, 15) is 4.79 Å². The number of hydrogen-bond acceptors (Lipinski definition) is 3. The Morgan fingerprint density at radius 3 is 2.56 bits per heavy atom. The number of benzene rings is 1. The minimum absolute atomic E-state index is 0.0580. The Labute approximate surface area is 150 Å². The first-order valence-corrected chi connectivity index (χ1v) is 8.69. The van der Waals surface area contributed by atoms with Crippen LogP contribution < -0.4 is 10.1 Å². The van der Waals surface area contributed by atoms with Crippen molar-refractivity contribution in [2.75, 3.05) is 11.9 Å². The Morgan fingerprint density at radius 1 is 1.20 bits per heavy atom. The molecule has 0 fully saturated rings. The van der Waals surface area contributed by atoms with Gasteiger partial charge in [0.25, 0.3) is 0 Å². The van der Waals surface area contributed by atoms with E-state index in [1.54, 1.807) is 6.07 Å². The number of aryl methyl sites for hydroxylation is 1. The predicted molar refractivity (Wildman–Crippen MR) is 103 cm³/mol. The van der Waals surface area contributed by atoms with Gasteiger partial charge in [-0.25, -0.2) is 4.98 Å². The molecule has 1 amide bonds. The molecule has 4 heteroatoms. The minimum Gasteiger partial charge on any atom is -0.493 e. The molecule has 2 rings (SSSR count). The van der Waals surface area contributed by atoms with E-state index in [0.29, 0.717) is 18.3 Å². The van der Waals surface area contributed by atoms with E-state index in [2.05, 4.69) is 24.1 Å². The Balaban J connectivity index is 2.33. The molecular weight excluding hydrogens is 312 g/mol. The first-order chi connectivity index (χ1) is 11.7. The van der Waals surface area contributed by atoms with Crippen LogP contribution >= 0.6 is 0 Å². The summed E-state index contributed by atoms with van der Waals surface area (Å²) in [5, 5.41) is 2.88. The van der Waals surface area contributed by atoms with Crippen LogP contribution in [0.15, 0.2) is 36.4 Å². The number of pyridine rings is 1. The molecule has 0 unspecified atom stereocenters. The van der Waals surface area contributed by atoms with Gasteiger partial charge in [0, 0.05) is 11.0 Å². The Morgan fingerprint density at radius 2 is 1.92 bits per heavy atom. The summed E-state index contributed by atoms with van der Waals surface area (Å²) in [6.45, 7) is 12.6. The number of rotatable bonds is 5. The van der Waals surface area contributed by atoms with Crippen molar-refractivity contribution in [1.29, 1.82) is 0 Å². The van der Waals surface area contributed by atoms with Crippen LogP contribution in [0.2, 0.25) is 0 Å². The Hall–Kier alpha value is -2.36. The van der Waals surface area contributed by atoms with E-state index in [1.807, 2.05) is 58.0 Å². The molecule has 0 radical (unpaired) electrons. The second-order valence-corrected chi connectivity index (χ2v) is 7.82. The molecule has 0 aliphatic rings. The molecule has 0 aliphatic heterocycles. The van der Waals surface area contributed by atoms with Crippen molar-refractivity contribution in [1.82, 2.24) is 4.98 Å². The number of nitrogens with one attached hydrogen (secondary N) is 1. The van der Waals surface area contributed by atoms with Crippen LogP contribution in [-0.2, 0) is 4.79 Å². The number of nitrogens with zero attached hydrogens (tertiary/aromatic N) is 1. The fourth-order valence-corrected chi connectivity index (χ4v) is 2.18. The SMILES string of the molecule is Cc1ccc(-c2cccc(NC(=O)C(C)(C)C)n2)c(OCC(C)C)c1. The smallest absolute Gasteiger partial charge is 0.230 e. The molecular formula is C21H28N2O2. The molecule has 4 nitrogen and oxygen atoms in total.